The average Bonchev–Trinajstić information content (AvgIpc) is 2.68. The third kappa shape index (κ3) is 6.10. The number of amides is 1. The van der Waals surface area contributed by atoms with Gasteiger partial charge in [0.2, 0.25) is 5.91 Å². The molecule has 30 heavy (non-hydrogen) atoms. The molecule has 3 atom stereocenters. The quantitative estimate of drug-likeness (QED) is 0.709. The highest BCUT2D eigenvalue weighted by Crippen LogP contribution is 2.42. The lowest BCUT2D eigenvalue weighted by atomic mass is 9.65. The van der Waals surface area contributed by atoms with Gasteiger partial charge in [-0.3, -0.25) is 9.69 Å². The predicted octanol–water partition coefficient (Wildman–Crippen LogP) is 3.48. The predicted molar refractivity (Wildman–Crippen MR) is 125 cm³/mol. The second-order valence-electron chi connectivity index (χ2n) is 9.08. The monoisotopic (exact) mass is 457 g/mol. The summed E-state index contributed by atoms with van der Waals surface area (Å²) in [4.78, 5) is 15.6. The molecule has 1 saturated heterocycles. The first-order chi connectivity index (χ1) is 13.6. The minimum Gasteiger partial charge on any atom is -0.379 e. The summed E-state index contributed by atoms with van der Waals surface area (Å²) in [6, 6.07) is 8.93. The first-order valence-corrected chi connectivity index (χ1v) is 11.0. The van der Waals surface area contributed by atoms with Gasteiger partial charge in [-0.2, -0.15) is 0 Å². The van der Waals surface area contributed by atoms with Gasteiger partial charge >= 0.3 is 0 Å². The Balaban J connectivity index is 0.00000160. The van der Waals surface area contributed by atoms with Gasteiger partial charge in [-0.1, -0.05) is 36.2 Å². The van der Waals surface area contributed by atoms with Crippen molar-refractivity contribution in [2.24, 2.45) is 23.5 Å². The molecule has 3 unspecified atom stereocenters. The number of fused-ring (bicyclic) bond motifs is 2. The topological polar surface area (TPSA) is 67.6 Å². The number of halogens is 2. The van der Waals surface area contributed by atoms with Gasteiger partial charge in [0.1, 0.15) is 0 Å². The first kappa shape index (κ1) is 25.4. The molecule has 5 nitrogen and oxygen atoms in total. The number of nitrogens with two attached hydrogens (primary N) is 1. The maximum atomic E-state index is 13.2. The number of morpholine rings is 1. The van der Waals surface area contributed by atoms with Crippen LogP contribution in [-0.2, 0) is 9.53 Å². The van der Waals surface area contributed by atoms with Crippen LogP contribution in [0, 0.1) is 24.7 Å². The summed E-state index contributed by atoms with van der Waals surface area (Å²) in [6.45, 7) is 6.36. The molecule has 0 radical (unpaired) electrons. The molecule has 0 spiro atoms. The number of nitrogens with one attached hydrogen (secondary N) is 1. The molecule has 3 N–H and O–H groups in total. The smallest absolute Gasteiger partial charge is 0.223 e. The SMILES string of the molecule is Cc1ccc(C(CN2CCOCC2)NC(=O)C2CC3CCCC(C2)C3N)cc1.Cl.Cl. The number of rotatable bonds is 5. The number of benzene rings is 1. The highest BCUT2D eigenvalue weighted by molar-refractivity contribution is 5.85. The molecule has 2 aliphatic carbocycles. The molecule has 1 aliphatic heterocycles. The van der Waals surface area contributed by atoms with E-state index < -0.39 is 0 Å². The zero-order valence-corrected chi connectivity index (χ0v) is 19.6. The third-order valence-electron chi connectivity index (χ3n) is 7.12. The van der Waals surface area contributed by atoms with E-state index in [9.17, 15) is 4.79 Å². The summed E-state index contributed by atoms with van der Waals surface area (Å²) in [5.74, 6) is 1.40. The molecular weight excluding hydrogens is 421 g/mol. The third-order valence-corrected chi connectivity index (χ3v) is 7.12. The molecule has 3 fully saturated rings. The largest absolute Gasteiger partial charge is 0.379 e. The fourth-order valence-electron chi connectivity index (χ4n) is 5.37. The maximum absolute atomic E-state index is 13.2. The Kier molecular flexibility index (Phi) is 9.89. The highest BCUT2D eigenvalue weighted by atomic mass is 35.5. The van der Waals surface area contributed by atoms with Gasteiger partial charge in [-0.15, -0.1) is 24.8 Å². The summed E-state index contributed by atoms with van der Waals surface area (Å²) in [6.07, 6.45) is 5.58. The van der Waals surface area contributed by atoms with Crippen molar-refractivity contribution >= 4 is 30.7 Å². The van der Waals surface area contributed by atoms with Crippen LogP contribution in [0.25, 0.3) is 0 Å². The van der Waals surface area contributed by atoms with Gasteiger partial charge in [0.05, 0.1) is 19.3 Å². The Labute approximate surface area is 193 Å². The van der Waals surface area contributed by atoms with Gasteiger partial charge in [-0.05, 0) is 50.0 Å². The zero-order chi connectivity index (χ0) is 19.5. The minimum atomic E-state index is 0. The zero-order valence-electron chi connectivity index (χ0n) is 17.9. The van der Waals surface area contributed by atoms with E-state index in [1.165, 1.54) is 30.4 Å². The van der Waals surface area contributed by atoms with Crippen molar-refractivity contribution in [2.45, 2.75) is 51.1 Å². The molecular formula is C23H37Cl2N3O2. The molecule has 1 amide bonds. The second-order valence-corrected chi connectivity index (χ2v) is 9.08. The number of aryl methyl sites for hydroxylation is 1. The van der Waals surface area contributed by atoms with E-state index >= 15 is 0 Å². The Bertz CT molecular complexity index is 653. The second kappa shape index (κ2) is 11.7. The van der Waals surface area contributed by atoms with E-state index in [1.807, 2.05) is 0 Å². The van der Waals surface area contributed by atoms with Crippen LogP contribution in [0.5, 0.6) is 0 Å². The van der Waals surface area contributed by atoms with Crippen LogP contribution in [-0.4, -0.2) is 49.7 Å². The number of hydrogen-bond acceptors (Lipinski definition) is 4. The van der Waals surface area contributed by atoms with Crippen LogP contribution < -0.4 is 11.1 Å². The van der Waals surface area contributed by atoms with Crippen LogP contribution in [0.2, 0.25) is 0 Å². The van der Waals surface area contributed by atoms with Gasteiger partial charge in [0.25, 0.3) is 0 Å². The standard InChI is InChI=1S/C23H35N3O2.2ClH/c1-16-5-7-17(8-6-16)21(15-26-9-11-28-12-10-26)25-23(27)20-13-18-3-2-4-19(14-20)22(18)24;;/h5-8,18-22H,2-4,9-15,24H2,1H3,(H,25,27);2*1H. The van der Waals surface area contributed by atoms with Crippen molar-refractivity contribution in [1.82, 2.24) is 10.2 Å². The van der Waals surface area contributed by atoms with Crippen molar-refractivity contribution in [1.29, 1.82) is 0 Å². The molecule has 3 aliphatic rings. The van der Waals surface area contributed by atoms with E-state index in [4.69, 9.17) is 10.5 Å². The van der Waals surface area contributed by atoms with E-state index in [0.717, 1.165) is 45.7 Å². The van der Waals surface area contributed by atoms with Crippen LogP contribution in [0.15, 0.2) is 24.3 Å². The van der Waals surface area contributed by atoms with Crippen molar-refractivity contribution in [2.75, 3.05) is 32.8 Å². The van der Waals surface area contributed by atoms with E-state index in [2.05, 4.69) is 41.4 Å². The maximum Gasteiger partial charge on any atom is 0.223 e. The van der Waals surface area contributed by atoms with Crippen molar-refractivity contribution in [3.05, 3.63) is 35.4 Å². The van der Waals surface area contributed by atoms with Crippen LogP contribution in [0.1, 0.15) is 49.3 Å². The number of carbonyl (C=O) groups is 1. The lowest BCUT2D eigenvalue weighted by molar-refractivity contribution is -0.129. The molecule has 1 heterocycles. The van der Waals surface area contributed by atoms with E-state index in [-0.39, 0.29) is 42.7 Å². The molecule has 0 aromatic heterocycles. The molecule has 2 bridgehead atoms. The number of hydrogen-bond donors (Lipinski definition) is 2. The first-order valence-electron chi connectivity index (χ1n) is 11.0. The lowest BCUT2D eigenvalue weighted by Crippen LogP contribution is -2.50. The minimum absolute atomic E-state index is 0. The number of carbonyl (C=O) groups excluding carboxylic acids is 1. The number of ether oxygens (including phenoxy) is 1. The summed E-state index contributed by atoms with van der Waals surface area (Å²) in [5.41, 5.74) is 8.86. The normalized spacial score (nSPS) is 29.8. The van der Waals surface area contributed by atoms with E-state index in [0.29, 0.717) is 17.9 Å². The van der Waals surface area contributed by atoms with Crippen molar-refractivity contribution in [3.63, 3.8) is 0 Å². The van der Waals surface area contributed by atoms with Crippen molar-refractivity contribution < 1.29 is 9.53 Å². The molecule has 1 aromatic carbocycles. The summed E-state index contributed by atoms with van der Waals surface area (Å²) in [7, 11) is 0. The highest BCUT2D eigenvalue weighted by Gasteiger charge is 2.41. The summed E-state index contributed by atoms with van der Waals surface area (Å²) >= 11 is 0. The van der Waals surface area contributed by atoms with Gasteiger partial charge < -0.3 is 15.8 Å². The van der Waals surface area contributed by atoms with Crippen LogP contribution in [0.3, 0.4) is 0 Å². The van der Waals surface area contributed by atoms with Crippen molar-refractivity contribution in [3.8, 4) is 0 Å². The Morgan fingerprint density at radius 2 is 1.73 bits per heavy atom. The molecule has 170 valence electrons. The Hall–Kier alpha value is -0.850. The molecule has 1 aromatic rings. The van der Waals surface area contributed by atoms with Gasteiger partial charge in [0.15, 0.2) is 0 Å². The molecule has 4 rings (SSSR count). The Morgan fingerprint density at radius 3 is 2.33 bits per heavy atom. The summed E-state index contributed by atoms with van der Waals surface area (Å²) < 4.78 is 5.49. The average molecular weight is 458 g/mol. The fourth-order valence-corrected chi connectivity index (χ4v) is 5.37. The van der Waals surface area contributed by atoms with Gasteiger partial charge in [-0.25, -0.2) is 0 Å². The van der Waals surface area contributed by atoms with Crippen LogP contribution in [0.4, 0.5) is 0 Å². The molecule has 7 heteroatoms. The fraction of sp³-hybridized carbons (Fsp3) is 0.696. The Morgan fingerprint density at radius 1 is 1.13 bits per heavy atom. The summed E-state index contributed by atoms with van der Waals surface area (Å²) in [5, 5.41) is 3.41. The van der Waals surface area contributed by atoms with E-state index in [1.54, 1.807) is 0 Å². The lowest BCUT2D eigenvalue weighted by Gasteiger charge is -2.44. The molecule has 2 saturated carbocycles. The van der Waals surface area contributed by atoms with Crippen LogP contribution >= 0.6 is 24.8 Å². The number of nitrogens with zero attached hydrogens (tertiary/aromatic N) is 1. The van der Waals surface area contributed by atoms with Gasteiger partial charge in [0, 0.05) is 31.6 Å².